The van der Waals surface area contributed by atoms with E-state index >= 15 is 0 Å². The number of anilines is 1. The van der Waals surface area contributed by atoms with E-state index in [0.717, 1.165) is 24.0 Å². The summed E-state index contributed by atoms with van der Waals surface area (Å²) in [5.74, 6) is -0.694. The van der Waals surface area contributed by atoms with E-state index in [9.17, 15) is 9.59 Å². The summed E-state index contributed by atoms with van der Waals surface area (Å²) in [4.78, 5) is 28.9. The topological polar surface area (TPSA) is 59.1 Å². The minimum absolute atomic E-state index is 0.113. The number of likely N-dealkylation sites (tertiary alicyclic amines) is 1. The fourth-order valence-corrected chi connectivity index (χ4v) is 4.00. The first-order chi connectivity index (χ1) is 12.0. The molecule has 3 aliphatic heterocycles. The molecule has 0 aliphatic carbocycles. The summed E-state index contributed by atoms with van der Waals surface area (Å²) in [6, 6.07) is 5.36. The summed E-state index contributed by atoms with van der Waals surface area (Å²) >= 11 is 0. The van der Waals surface area contributed by atoms with Gasteiger partial charge in [-0.25, -0.2) is 4.90 Å². The number of carbonyl (C=O) groups excluding carboxylic acids is 2. The Hall–Kier alpha value is -1.76. The zero-order valence-corrected chi connectivity index (χ0v) is 14.8. The minimum atomic E-state index is -0.462. The van der Waals surface area contributed by atoms with Crippen LogP contribution in [0.3, 0.4) is 0 Å². The maximum Gasteiger partial charge on any atom is 0.251 e. The van der Waals surface area contributed by atoms with Crippen molar-refractivity contribution in [1.82, 2.24) is 4.90 Å². The number of nitrogens with zero attached hydrogens (tertiary/aromatic N) is 2. The number of hydrogen-bond acceptors (Lipinski definition) is 5. The van der Waals surface area contributed by atoms with Gasteiger partial charge in [-0.3, -0.25) is 14.5 Å². The summed E-state index contributed by atoms with van der Waals surface area (Å²) in [6.07, 6.45) is 1.74. The molecule has 3 saturated heterocycles. The number of aryl methyl sites for hydroxylation is 2. The quantitative estimate of drug-likeness (QED) is 0.766. The lowest BCUT2D eigenvalue weighted by atomic mass is 10.0. The van der Waals surface area contributed by atoms with Crippen LogP contribution in [0.2, 0.25) is 0 Å². The highest BCUT2D eigenvalue weighted by atomic mass is 16.7. The maximum atomic E-state index is 12.9. The summed E-state index contributed by atoms with van der Waals surface area (Å²) in [5, 5.41) is 0. The molecule has 3 fully saturated rings. The predicted octanol–water partition coefficient (Wildman–Crippen LogP) is 1.77. The van der Waals surface area contributed by atoms with Crippen molar-refractivity contribution < 1.29 is 19.1 Å². The Morgan fingerprint density at radius 1 is 1.04 bits per heavy atom. The highest BCUT2D eigenvalue weighted by molar-refractivity contribution is 6.22. The highest BCUT2D eigenvalue weighted by Gasteiger charge is 2.47. The third-order valence-electron chi connectivity index (χ3n) is 5.69. The molecular formula is C19H24N2O4. The Labute approximate surface area is 147 Å². The van der Waals surface area contributed by atoms with E-state index < -0.39 is 5.79 Å². The fourth-order valence-electron chi connectivity index (χ4n) is 4.00. The second-order valence-electron chi connectivity index (χ2n) is 7.20. The van der Waals surface area contributed by atoms with Crippen molar-refractivity contribution >= 4 is 17.5 Å². The van der Waals surface area contributed by atoms with Crippen LogP contribution in [0.4, 0.5) is 5.69 Å². The summed E-state index contributed by atoms with van der Waals surface area (Å²) in [6.45, 7) is 6.72. The minimum Gasteiger partial charge on any atom is -0.347 e. The van der Waals surface area contributed by atoms with Crippen LogP contribution in [0.15, 0.2) is 18.2 Å². The van der Waals surface area contributed by atoms with E-state index in [0.29, 0.717) is 32.0 Å². The van der Waals surface area contributed by atoms with Gasteiger partial charge in [0.05, 0.1) is 31.4 Å². The van der Waals surface area contributed by atoms with Gasteiger partial charge < -0.3 is 9.47 Å². The number of imide groups is 1. The van der Waals surface area contributed by atoms with Crippen LogP contribution in [0.1, 0.15) is 30.4 Å². The zero-order chi connectivity index (χ0) is 17.6. The van der Waals surface area contributed by atoms with E-state index in [2.05, 4.69) is 4.90 Å². The molecule has 4 rings (SSSR count). The lowest BCUT2D eigenvalue weighted by molar-refractivity contribution is -0.188. The molecule has 1 spiro atoms. The van der Waals surface area contributed by atoms with Crippen molar-refractivity contribution in [3.8, 4) is 0 Å². The number of rotatable bonds is 2. The third-order valence-corrected chi connectivity index (χ3v) is 5.69. The summed E-state index contributed by atoms with van der Waals surface area (Å²) in [7, 11) is 0. The number of carbonyl (C=O) groups is 2. The van der Waals surface area contributed by atoms with Gasteiger partial charge in [0.25, 0.3) is 5.91 Å². The highest BCUT2D eigenvalue weighted by Crippen LogP contribution is 2.34. The molecule has 0 aromatic heterocycles. The molecule has 2 amide bonds. The molecule has 0 N–H and O–H groups in total. The Morgan fingerprint density at radius 3 is 2.36 bits per heavy atom. The van der Waals surface area contributed by atoms with Crippen LogP contribution < -0.4 is 4.90 Å². The van der Waals surface area contributed by atoms with Gasteiger partial charge in [0, 0.05) is 25.9 Å². The molecule has 134 valence electrons. The Balaban J connectivity index is 1.48. The first kappa shape index (κ1) is 16.7. The summed E-state index contributed by atoms with van der Waals surface area (Å²) in [5.41, 5.74) is 2.91. The number of amides is 2. The molecule has 3 aliphatic rings. The van der Waals surface area contributed by atoms with Crippen LogP contribution in [-0.4, -0.2) is 54.8 Å². The monoisotopic (exact) mass is 344 g/mol. The third kappa shape index (κ3) is 2.88. The molecule has 1 aromatic rings. The normalized spacial score (nSPS) is 26.8. The number of hydrogen-bond donors (Lipinski definition) is 0. The van der Waals surface area contributed by atoms with Gasteiger partial charge >= 0.3 is 0 Å². The number of ether oxygens (including phenoxy) is 2. The van der Waals surface area contributed by atoms with E-state index in [1.807, 2.05) is 32.0 Å². The summed E-state index contributed by atoms with van der Waals surface area (Å²) < 4.78 is 11.5. The van der Waals surface area contributed by atoms with Crippen molar-refractivity contribution in [2.45, 2.75) is 44.9 Å². The Kier molecular flexibility index (Phi) is 4.14. The lowest BCUT2D eigenvalue weighted by Crippen LogP contribution is -2.51. The van der Waals surface area contributed by atoms with Gasteiger partial charge in [-0.05, 0) is 37.1 Å². The lowest BCUT2D eigenvalue weighted by Gasteiger charge is -2.39. The van der Waals surface area contributed by atoms with Crippen LogP contribution in [0.5, 0.6) is 0 Å². The van der Waals surface area contributed by atoms with E-state index in [-0.39, 0.29) is 24.3 Å². The zero-order valence-electron chi connectivity index (χ0n) is 14.8. The smallest absolute Gasteiger partial charge is 0.251 e. The van der Waals surface area contributed by atoms with E-state index in [4.69, 9.17) is 9.47 Å². The molecule has 6 nitrogen and oxygen atoms in total. The average molecular weight is 344 g/mol. The second-order valence-corrected chi connectivity index (χ2v) is 7.20. The van der Waals surface area contributed by atoms with Gasteiger partial charge in [-0.1, -0.05) is 6.07 Å². The Morgan fingerprint density at radius 2 is 1.72 bits per heavy atom. The first-order valence-corrected chi connectivity index (χ1v) is 8.95. The number of benzene rings is 1. The van der Waals surface area contributed by atoms with Crippen LogP contribution in [0.25, 0.3) is 0 Å². The molecular weight excluding hydrogens is 320 g/mol. The van der Waals surface area contributed by atoms with Gasteiger partial charge in [-0.15, -0.1) is 0 Å². The van der Waals surface area contributed by atoms with Gasteiger partial charge in [0.15, 0.2) is 5.79 Å². The molecule has 0 bridgehead atoms. The molecule has 1 atom stereocenters. The first-order valence-electron chi connectivity index (χ1n) is 8.95. The standard InChI is InChI=1S/C19H24N2O4/c1-13-3-4-15(11-14(13)2)21-17(22)12-16(18(21)23)20-7-5-19(6-8-20)24-9-10-25-19/h3-4,11,16H,5-10,12H2,1-2H3/t16-/m1/s1. The van der Waals surface area contributed by atoms with Crippen LogP contribution in [-0.2, 0) is 19.1 Å². The Bertz CT molecular complexity index is 701. The average Bonchev–Trinajstić information content (AvgIpc) is 3.16. The van der Waals surface area contributed by atoms with E-state index in [1.165, 1.54) is 4.90 Å². The number of piperidine rings is 1. The van der Waals surface area contributed by atoms with Gasteiger partial charge in [0.2, 0.25) is 5.91 Å². The van der Waals surface area contributed by atoms with Crippen molar-refractivity contribution in [1.29, 1.82) is 0 Å². The SMILES string of the molecule is Cc1ccc(N2C(=O)C[C@@H](N3CCC4(CC3)OCCO4)C2=O)cc1C. The van der Waals surface area contributed by atoms with E-state index in [1.54, 1.807) is 0 Å². The molecule has 0 radical (unpaired) electrons. The van der Waals surface area contributed by atoms with Crippen molar-refractivity contribution in [2.75, 3.05) is 31.2 Å². The molecule has 6 heteroatoms. The van der Waals surface area contributed by atoms with Gasteiger partial charge in [-0.2, -0.15) is 0 Å². The largest absolute Gasteiger partial charge is 0.347 e. The fraction of sp³-hybridized carbons (Fsp3) is 0.579. The molecule has 0 saturated carbocycles. The van der Waals surface area contributed by atoms with Crippen LogP contribution >= 0.6 is 0 Å². The second kappa shape index (κ2) is 6.20. The van der Waals surface area contributed by atoms with Crippen molar-refractivity contribution in [3.63, 3.8) is 0 Å². The van der Waals surface area contributed by atoms with Crippen molar-refractivity contribution in [2.24, 2.45) is 0 Å². The van der Waals surface area contributed by atoms with Gasteiger partial charge in [0.1, 0.15) is 0 Å². The molecule has 3 heterocycles. The maximum absolute atomic E-state index is 12.9. The molecule has 0 unspecified atom stereocenters. The predicted molar refractivity (Wildman–Crippen MR) is 92.3 cm³/mol. The van der Waals surface area contributed by atoms with Crippen LogP contribution in [0, 0.1) is 13.8 Å². The van der Waals surface area contributed by atoms with Crippen molar-refractivity contribution in [3.05, 3.63) is 29.3 Å². The molecule has 25 heavy (non-hydrogen) atoms. The molecule has 1 aromatic carbocycles.